The van der Waals surface area contributed by atoms with Gasteiger partial charge in [0.15, 0.2) is 0 Å². The van der Waals surface area contributed by atoms with E-state index >= 15 is 0 Å². The highest BCUT2D eigenvalue weighted by Crippen LogP contribution is 2.39. The molecule has 2 N–H and O–H groups in total. The van der Waals surface area contributed by atoms with E-state index in [-0.39, 0.29) is 18.2 Å². The van der Waals surface area contributed by atoms with Gasteiger partial charge in [0.2, 0.25) is 0 Å². The number of amides is 1. The van der Waals surface area contributed by atoms with Crippen LogP contribution in [-0.2, 0) is 11.2 Å². The Balaban J connectivity index is 1.69. The number of rotatable bonds is 3. The van der Waals surface area contributed by atoms with E-state index in [1.54, 1.807) is 7.11 Å². The van der Waals surface area contributed by atoms with Gasteiger partial charge in [-0.2, -0.15) is 0 Å². The van der Waals surface area contributed by atoms with Crippen molar-refractivity contribution in [2.45, 2.75) is 63.8 Å². The second-order valence-corrected chi connectivity index (χ2v) is 8.26. The molecule has 0 saturated carbocycles. The Morgan fingerprint density at radius 1 is 1.35 bits per heavy atom. The summed E-state index contributed by atoms with van der Waals surface area (Å²) in [7, 11) is 1.66. The summed E-state index contributed by atoms with van der Waals surface area (Å²) in [5, 5.41) is 13.6. The summed E-state index contributed by atoms with van der Waals surface area (Å²) in [6, 6.07) is 5.99. The summed E-state index contributed by atoms with van der Waals surface area (Å²) in [5.41, 5.74) is 1.80. The normalized spacial score (nSPS) is 26.3. The molecule has 3 rings (SSSR count). The Bertz CT molecular complexity index is 656. The Morgan fingerprint density at radius 3 is 2.81 bits per heavy atom. The van der Waals surface area contributed by atoms with Crippen LogP contribution in [0.3, 0.4) is 0 Å². The van der Waals surface area contributed by atoms with Gasteiger partial charge in [-0.25, -0.2) is 4.79 Å². The molecule has 0 radical (unpaired) electrons. The maximum Gasteiger partial charge on any atom is 0.407 e. The molecule has 6 heteroatoms. The first-order valence-electron chi connectivity index (χ1n) is 9.35. The number of benzene rings is 1. The number of piperidine rings is 1. The average Bonchev–Trinajstić information content (AvgIpc) is 2.87. The highest BCUT2D eigenvalue weighted by molar-refractivity contribution is 5.68. The topological polar surface area (TPSA) is 71.0 Å². The summed E-state index contributed by atoms with van der Waals surface area (Å²) >= 11 is 0. The van der Waals surface area contributed by atoms with E-state index in [9.17, 15) is 9.90 Å². The number of hydrogen-bond donors (Lipinski definition) is 2. The van der Waals surface area contributed by atoms with Crippen molar-refractivity contribution in [2.75, 3.05) is 20.2 Å². The van der Waals surface area contributed by atoms with Gasteiger partial charge < -0.3 is 19.9 Å². The summed E-state index contributed by atoms with van der Waals surface area (Å²) in [5.74, 6) is 0.809. The van der Waals surface area contributed by atoms with E-state index < -0.39 is 11.7 Å². The van der Waals surface area contributed by atoms with Crippen LogP contribution < -0.4 is 10.1 Å². The van der Waals surface area contributed by atoms with Crippen LogP contribution in [0, 0.1) is 0 Å². The number of carbonyl (C=O) groups is 1. The van der Waals surface area contributed by atoms with Crippen molar-refractivity contribution >= 4 is 6.09 Å². The van der Waals surface area contributed by atoms with Crippen LogP contribution in [0.25, 0.3) is 0 Å². The fourth-order valence-electron chi connectivity index (χ4n) is 4.00. The molecule has 0 bridgehead atoms. The van der Waals surface area contributed by atoms with Crippen molar-refractivity contribution < 1.29 is 19.4 Å². The number of carbonyl (C=O) groups excluding carboxylic acids is 1. The van der Waals surface area contributed by atoms with Crippen LogP contribution in [-0.4, -0.2) is 54.0 Å². The Morgan fingerprint density at radius 2 is 2.12 bits per heavy atom. The van der Waals surface area contributed by atoms with Crippen molar-refractivity contribution in [2.24, 2.45) is 0 Å². The molecule has 1 aliphatic carbocycles. The van der Waals surface area contributed by atoms with Crippen molar-refractivity contribution in [3.8, 4) is 5.75 Å². The molecule has 0 spiro atoms. The Labute approximate surface area is 155 Å². The molecule has 1 aromatic carbocycles. The molecular weight excluding hydrogens is 332 g/mol. The first-order chi connectivity index (χ1) is 12.3. The number of aliphatic hydroxyl groups excluding tert-OH is 1. The fourth-order valence-corrected chi connectivity index (χ4v) is 4.00. The van der Waals surface area contributed by atoms with Crippen LogP contribution in [0.4, 0.5) is 4.79 Å². The minimum absolute atomic E-state index is 0.0282. The van der Waals surface area contributed by atoms with Gasteiger partial charge in [0.25, 0.3) is 0 Å². The van der Waals surface area contributed by atoms with E-state index in [0.29, 0.717) is 13.0 Å². The number of hydrogen-bond acceptors (Lipinski definition) is 5. The molecule has 2 aliphatic rings. The average molecular weight is 362 g/mol. The van der Waals surface area contributed by atoms with Gasteiger partial charge in [-0.15, -0.1) is 0 Å². The van der Waals surface area contributed by atoms with Crippen molar-refractivity contribution in [1.82, 2.24) is 10.2 Å². The van der Waals surface area contributed by atoms with Gasteiger partial charge in [0.05, 0.1) is 19.3 Å². The van der Waals surface area contributed by atoms with Gasteiger partial charge in [-0.05, 0) is 63.4 Å². The number of nitrogens with one attached hydrogen (secondary N) is 1. The van der Waals surface area contributed by atoms with Crippen LogP contribution in [0.5, 0.6) is 5.75 Å². The van der Waals surface area contributed by atoms with Gasteiger partial charge >= 0.3 is 6.09 Å². The molecule has 6 nitrogen and oxygen atoms in total. The van der Waals surface area contributed by atoms with Gasteiger partial charge in [0.1, 0.15) is 11.4 Å². The lowest BCUT2D eigenvalue weighted by Gasteiger charge is -2.38. The SMILES string of the molecule is COc1ccc2c(c1)[C@H](N1CCC[C@@H](NC(=O)OC(C)(C)C)C1)[C@@H](O)C2. The molecule has 1 saturated heterocycles. The Kier molecular flexibility index (Phi) is 5.44. The number of methoxy groups -OCH3 is 1. The second-order valence-electron chi connectivity index (χ2n) is 8.26. The summed E-state index contributed by atoms with van der Waals surface area (Å²) in [6.07, 6.45) is 1.74. The molecule has 0 aromatic heterocycles. The summed E-state index contributed by atoms with van der Waals surface area (Å²) in [6.45, 7) is 7.19. The maximum atomic E-state index is 12.1. The van der Waals surface area contributed by atoms with Crippen LogP contribution >= 0.6 is 0 Å². The number of likely N-dealkylation sites (tertiary alicyclic amines) is 1. The lowest BCUT2D eigenvalue weighted by Crippen LogP contribution is -2.50. The lowest BCUT2D eigenvalue weighted by atomic mass is 9.99. The summed E-state index contributed by atoms with van der Waals surface area (Å²) in [4.78, 5) is 14.4. The molecule has 1 heterocycles. The third kappa shape index (κ3) is 4.30. The molecular formula is C20H30N2O4. The van der Waals surface area contributed by atoms with Crippen molar-refractivity contribution in [3.05, 3.63) is 29.3 Å². The highest BCUT2D eigenvalue weighted by Gasteiger charge is 2.38. The van der Waals surface area contributed by atoms with Crippen LogP contribution in [0.1, 0.15) is 50.8 Å². The van der Waals surface area contributed by atoms with E-state index in [2.05, 4.69) is 10.2 Å². The van der Waals surface area contributed by atoms with Crippen LogP contribution in [0.15, 0.2) is 18.2 Å². The molecule has 144 valence electrons. The minimum Gasteiger partial charge on any atom is -0.497 e. The van der Waals surface area contributed by atoms with E-state index in [1.165, 1.54) is 5.56 Å². The van der Waals surface area contributed by atoms with Gasteiger partial charge in [-0.1, -0.05) is 6.07 Å². The zero-order valence-corrected chi connectivity index (χ0v) is 16.1. The fraction of sp³-hybridized carbons (Fsp3) is 0.650. The predicted octanol–water partition coefficient (Wildman–Crippen LogP) is 2.64. The molecule has 1 aliphatic heterocycles. The number of aliphatic hydroxyl groups is 1. The molecule has 1 fully saturated rings. The maximum absolute atomic E-state index is 12.1. The monoisotopic (exact) mass is 362 g/mol. The molecule has 26 heavy (non-hydrogen) atoms. The third-order valence-electron chi connectivity index (χ3n) is 5.03. The van der Waals surface area contributed by atoms with Gasteiger partial charge in [0, 0.05) is 19.0 Å². The molecule has 1 amide bonds. The standard InChI is InChI=1S/C20H30N2O4/c1-20(2,3)26-19(24)21-14-6-5-9-22(12-14)18-16-11-15(25-4)8-7-13(16)10-17(18)23/h7-8,11,14,17-18,23H,5-6,9-10,12H2,1-4H3,(H,21,24)/t14-,17+,18+/m1/s1. The predicted molar refractivity (Wildman–Crippen MR) is 99.4 cm³/mol. The first kappa shape index (κ1) is 19.0. The first-order valence-corrected chi connectivity index (χ1v) is 9.35. The number of alkyl carbamates (subject to hydrolysis) is 1. The third-order valence-corrected chi connectivity index (χ3v) is 5.03. The second kappa shape index (κ2) is 7.45. The number of nitrogens with zero attached hydrogens (tertiary/aromatic N) is 1. The minimum atomic E-state index is -0.504. The number of fused-ring (bicyclic) bond motifs is 1. The summed E-state index contributed by atoms with van der Waals surface area (Å²) < 4.78 is 10.7. The zero-order valence-electron chi connectivity index (χ0n) is 16.1. The van der Waals surface area contributed by atoms with Gasteiger partial charge in [-0.3, -0.25) is 4.90 Å². The molecule has 1 aromatic rings. The molecule has 0 unspecified atom stereocenters. The van der Waals surface area contributed by atoms with E-state index in [4.69, 9.17) is 9.47 Å². The smallest absolute Gasteiger partial charge is 0.407 e. The molecule has 3 atom stereocenters. The lowest BCUT2D eigenvalue weighted by molar-refractivity contribution is 0.0302. The van der Waals surface area contributed by atoms with Crippen molar-refractivity contribution in [3.63, 3.8) is 0 Å². The Hall–Kier alpha value is -1.79. The zero-order chi connectivity index (χ0) is 18.9. The van der Waals surface area contributed by atoms with Crippen LogP contribution in [0.2, 0.25) is 0 Å². The van der Waals surface area contributed by atoms with Crippen molar-refractivity contribution in [1.29, 1.82) is 0 Å². The highest BCUT2D eigenvalue weighted by atomic mass is 16.6. The largest absolute Gasteiger partial charge is 0.497 e. The quantitative estimate of drug-likeness (QED) is 0.865. The van der Waals surface area contributed by atoms with E-state index in [1.807, 2.05) is 39.0 Å². The van der Waals surface area contributed by atoms with E-state index in [0.717, 1.165) is 30.7 Å². The number of ether oxygens (including phenoxy) is 2.